The lowest BCUT2D eigenvalue weighted by molar-refractivity contribution is -0.147. The molecule has 0 aliphatic carbocycles. The second kappa shape index (κ2) is 15.7. The third-order valence-electron chi connectivity index (χ3n) is 4.74. The highest BCUT2D eigenvalue weighted by atomic mass is 16.4. The summed E-state index contributed by atoms with van der Waals surface area (Å²) in [5.41, 5.74) is 5.15. The molecular formula is C20H31N5O12. The number of carboxylic acid groups (broad SMARTS) is 4. The van der Waals surface area contributed by atoms with Crippen LogP contribution in [-0.4, -0.2) is 98.6 Å². The van der Waals surface area contributed by atoms with Crippen LogP contribution < -0.4 is 27.0 Å². The fraction of sp³-hybridized carbons (Fsp3) is 0.600. The molecule has 0 aromatic rings. The van der Waals surface area contributed by atoms with Crippen LogP contribution in [0.3, 0.4) is 0 Å². The maximum atomic E-state index is 12.9. The summed E-state index contributed by atoms with van der Waals surface area (Å²) in [5.74, 6) is -10.8. The summed E-state index contributed by atoms with van der Waals surface area (Å²) in [7, 11) is 0. The maximum absolute atomic E-state index is 12.9. The third kappa shape index (κ3) is 12.8. The second-order valence-electron chi connectivity index (χ2n) is 8.14. The highest BCUT2D eigenvalue weighted by Gasteiger charge is 2.33. The first-order chi connectivity index (χ1) is 17.1. The maximum Gasteiger partial charge on any atom is 0.326 e. The molecule has 0 spiro atoms. The number of nitrogens with one attached hydrogen (secondary N) is 4. The first kappa shape index (κ1) is 32.7. The number of carboxylic acids is 4. The zero-order valence-electron chi connectivity index (χ0n) is 20.1. The van der Waals surface area contributed by atoms with Crippen molar-refractivity contribution >= 4 is 47.5 Å². The normalized spacial score (nSPS) is 13.8. The van der Waals surface area contributed by atoms with Gasteiger partial charge in [-0.25, -0.2) is 4.79 Å². The van der Waals surface area contributed by atoms with E-state index in [0.29, 0.717) is 0 Å². The number of carbonyl (C=O) groups is 8. The molecule has 0 radical (unpaired) electrons. The van der Waals surface area contributed by atoms with Crippen LogP contribution in [0, 0.1) is 5.92 Å². The lowest BCUT2D eigenvalue weighted by Crippen LogP contribution is -2.59. The van der Waals surface area contributed by atoms with Gasteiger partial charge in [-0.3, -0.25) is 33.6 Å². The summed E-state index contributed by atoms with van der Waals surface area (Å²) in [6.07, 6.45) is -2.96. The van der Waals surface area contributed by atoms with Crippen LogP contribution in [0.15, 0.2) is 0 Å². The van der Waals surface area contributed by atoms with E-state index in [9.17, 15) is 38.4 Å². The van der Waals surface area contributed by atoms with Gasteiger partial charge < -0.3 is 47.4 Å². The minimum Gasteiger partial charge on any atom is -0.481 e. The molecule has 0 aliphatic heterocycles. The van der Waals surface area contributed by atoms with E-state index < -0.39 is 110 Å². The molecule has 0 rings (SSSR count). The topological polar surface area (TPSA) is 292 Å². The predicted octanol–water partition coefficient (Wildman–Crippen LogP) is -3.56. The second-order valence-corrected chi connectivity index (χ2v) is 8.14. The summed E-state index contributed by atoms with van der Waals surface area (Å²) >= 11 is 0. The lowest BCUT2D eigenvalue weighted by atomic mass is 10.0. The van der Waals surface area contributed by atoms with Crippen LogP contribution in [0.25, 0.3) is 0 Å². The number of rotatable bonds is 17. The summed E-state index contributed by atoms with van der Waals surface area (Å²) in [6.45, 7) is 2.36. The molecule has 0 saturated carbocycles. The molecule has 17 nitrogen and oxygen atoms in total. The van der Waals surface area contributed by atoms with E-state index in [1.54, 1.807) is 0 Å². The van der Waals surface area contributed by atoms with E-state index >= 15 is 0 Å². The molecule has 4 unspecified atom stereocenters. The van der Waals surface area contributed by atoms with E-state index in [4.69, 9.17) is 26.2 Å². The average molecular weight is 533 g/mol. The number of hydrogen-bond donors (Lipinski definition) is 9. The van der Waals surface area contributed by atoms with Gasteiger partial charge in [-0.2, -0.15) is 0 Å². The molecule has 4 atom stereocenters. The van der Waals surface area contributed by atoms with E-state index in [-0.39, 0.29) is 0 Å². The molecular weight excluding hydrogens is 502 g/mol. The van der Waals surface area contributed by atoms with Gasteiger partial charge >= 0.3 is 23.9 Å². The van der Waals surface area contributed by atoms with Crippen LogP contribution in [0.4, 0.5) is 0 Å². The van der Waals surface area contributed by atoms with Crippen LogP contribution in [0.2, 0.25) is 0 Å². The van der Waals surface area contributed by atoms with Gasteiger partial charge in [0.05, 0.1) is 19.4 Å². The quantitative estimate of drug-likeness (QED) is 0.0875. The van der Waals surface area contributed by atoms with Crippen molar-refractivity contribution in [1.82, 2.24) is 21.3 Å². The highest BCUT2D eigenvalue weighted by Crippen LogP contribution is 2.07. The summed E-state index contributed by atoms with van der Waals surface area (Å²) < 4.78 is 0. The highest BCUT2D eigenvalue weighted by molar-refractivity contribution is 5.96. The zero-order chi connectivity index (χ0) is 28.9. The van der Waals surface area contributed by atoms with Crippen molar-refractivity contribution < 1.29 is 58.8 Å². The first-order valence-electron chi connectivity index (χ1n) is 10.9. The predicted molar refractivity (Wildman–Crippen MR) is 121 cm³/mol. The smallest absolute Gasteiger partial charge is 0.326 e. The Morgan fingerprint density at radius 3 is 1.57 bits per heavy atom. The minimum absolute atomic E-state index is 0.499. The number of amides is 4. The van der Waals surface area contributed by atoms with Crippen molar-refractivity contribution in [2.24, 2.45) is 11.7 Å². The lowest BCUT2D eigenvalue weighted by Gasteiger charge is -2.27. The Labute approximate surface area is 210 Å². The fourth-order valence-corrected chi connectivity index (χ4v) is 2.87. The van der Waals surface area contributed by atoms with Crippen molar-refractivity contribution in [2.45, 2.75) is 63.7 Å². The largest absolute Gasteiger partial charge is 0.481 e. The number of hydrogen-bond acceptors (Lipinski definition) is 9. The molecule has 0 aliphatic rings. The summed E-state index contributed by atoms with van der Waals surface area (Å²) in [6, 6.07) is -6.52. The first-order valence-corrected chi connectivity index (χ1v) is 10.9. The molecule has 17 heteroatoms. The van der Waals surface area contributed by atoms with Gasteiger partial charge in [0.2, 0.25) is 23.6 Å². The Kier molecular flexibility index (Phi) is 13.8. The van der Waals surface area contributed by atoms with E-state index in [1.165, 1.54) is 13.8 Å². The summed E-state index contributed by atoms with van der Waals surface area (Å²) in [5, 5.41) is 44.4. The molecule has 0 saturated heterocycles. The Bertz CT molecular complexity index is 906. The fourth-order valence-electron chi connectivity index (χ4n) is 2.87. The molecule has 37 heavy (non-hydrogen) atoms. The van der Waals surface area contributed by atoms with E-state index in [1.807, 2.05) is 5.32 Å². The standard InChI is InChI=1S/C20H31N5O12/c1-8(2)16(19(35)24-11(20(36)37)6-15(31)32)25-17(33)9(3-4-13(27)28)23-18(34)10(5-14(29)30)22-12(26)7-21/h8-11,16H,3-7,21H2,1-2H3,(H,22,26)(H,23,34)(H,24,35)(H,25,33)(H,27,28)(H,29,30)(H,31,32)(H,36,37). The molecule has 10 N–H and O–H groups in total. The average Bonchev–Trinajstić information content (AvgIpc) is 2.77. The monoisotopic (exact) mass is 533 g/mol. The van der Waals surface area contributed by atoms with Crippen molar-refractivity contribution in [3.8, 4) is 0 Å². The van der Waals surface area contributed by atoms with Crippen molar-refractivity contribution in [2.75, 3.05) is 6.54 Å². The van der Waals surface area contributed by atoms with Gasteiger partial charge in [-0.1, -0.05) is 13.8 Å². The van der Waals surface area contributed by atoms with Crippen LogP contribution in [-0.2, 0) is 38.4 Å². The number of carbonyl (C=O) groups excluding carboxylic acids is 4. The van der Waals surface area contributed by atoms with Gasteiger partial charge in [0.25, 0.3) is 0 Å². The Balaban J connectivity index is 5.78. The SMILES string of the molecule is CC(C)C(NC(=O)C(CCC(=O)O)NC(=O)C(CC(=O)O)NC(=O)CN)C(=O)NC(CC(=O)O)C(=O)O. The van der Waals surface area contributed by atoms with Crippen molar-refractivity contribution in [3.63, 3.8) is 0 Å². The van der Waals surface area contributed by atoms with Crippen molar-refractivity contribution in [3.05, 3.63) is 0 Å². The molecule has 0 fully saturated rings. The van der Waals surface area contributed by atoms with Crippen LogP contribution in [0.5, 0.6) is 0 Å². The molecule has 0 heterocycles. The van der Waals surface area contributed by atoms with E-state index in [0.717, 1.165) is 0 Å². The minimum atomic E-state index is -1.81. The molecule has 0 bridgehead atoms. The summed E-state index contributed by atoms with van der Waals surface area (Å²) in [4.78, 5) is 93.9. The van der Waals surface area contributed by atoms with Crippen molar-refractivity contribution in [1.29, 1.82) is 0 Å². The van der Waals surface area contributed by atoms with Gasteiger partial charge in [0, 0.05) is 6.42 Å². The van der Waals surface area contributed by atoms with Gasteiger partial charge in [0.1, 0.15) is 24.2 Å². The van der Waals surface area contributed by atoms with Gasteiger partial charge in [-0.15, -0.1) is 0 Å². The van der Waals surface area contributed by atoms with Crippen LogP contribution >= 0.6 is 0 Å². The third-order valence-corrected chi connectivity index (χ3v) is 4.74. The van der Waals surface area contributed by atoms with E-state index in [2.05, 4.69) is 16.0 Å². The molecule has 0 aromatic carbocycles. The molecule has 0 aromatic heterocycles. The zero-order valence-corrected chi connectivity index (χ0v) is 20.1. The Hall–Kier alpha value is -4.28. The number of aliphatic carboxylic acids is 4. The Morgan fingerprint density at radius 2 is 1.14 bits per heavy atom. The molecule has 4 amide bonds. The molecule has 208 valence electrons. The van der Waals surface area contributed by atoms with Gasteiger partial charge in [0.15, 0.2) is 0 Å². The van der Waals surface area contributed by atoms with Crippen LogP contribution in [0.1, 0.15) is 39.5 Å². The number of nitrogens with two attached hydrogens (primary N) is 1. The van der Waals surface area contributed by atoms with Gasteiger partial charge in [-0.05, 0) is 12.3 Å². The Morgan fingerprint density at radius 1 is 0.649 bits per heavy atom.